The number of hydrogen-bond donors (Lipinski definition) is 2. The number of anilines is 2. The van der Waals surface area contributed by atoms with Crippen LogP contribution < -0.4 is 15.4 Å². The first-order valence-corrected chi connectivity index (χ1v) is 10.2. The van der Waals surface area contributed by atoms with Gasteiger partial charge in [0.15, 0.2) is 11.0 Å². The summed E-state index contributed by atoms with van der Waals surface area (Å²) in [5.41, 5.74) is 2.06. The summed E-state index contributed by atoms with van der Waals surface area (Å²) in [6.45, 7) is 4.06. The number of methoxy groups -OCH3 is 1. The van der Waals surface area contributed by atoms with Gasteiger partial charge in [-0.2, -0.15) is 0 Å². The molecule has 10 nitrogen and oxygen atoms in total. The highest BCUT2D eigenvalue weighted by Crippen LogP contribution is 2.30. The lowest BCUT2D eigenvalue weighted by Gasteiger charge is -2.08. The van der Waals surface area contributed by atoms with Gasteiger partial charge in [0, 0.05) is 38.1 Å². The van der Waals surface area contributed by atoms with E-state index in [-0.39, 0.29) is 17.6 Å². The summed E-state index contributed by atoms with van der Waals surface area (Å²) in [5.74, 6) is 0.968. The van der Waals surface area contributed by atoms with Crippen LogP contribution in [0.3, 0.4) is 0 Å². The second kappa shape index (κ2) is 9.44. The molecule has 0 aliphatic heterocycles. The number of nitrogens with zero attached hydrogens (tertiary/aromatic N) is 5. The van der Waals surface area contributed by atoms with E-state index in [9.17, 15) is 9.59 Å². The second-order valence-electron chi connectivity index (χ2n) is 6.37. The molecule has 3 aromatic rings. The maximum absolute atomic E-state index is 12.3. The van der Waals surface area contributed by atoms with Crippen LogP contribution in [0.25, 0.3) is 11.4 Å². The zero-order chi connectivity index (χ0) is 21.7. The van der Waals surface area contributed by atoms with Crippen LogP contribution in [-0.4, -0.2) is 49.2 Å². The van der Waals surface area contributed by atoms with E-state index in [0.29, 0.717) is 34.8 Å². The minimum Gasteiger partial charge on any atom is -0.479 e. The van der Waals surface area contributed by atoms with Crippen molar-refractivity contribution >= 4 is 35.0 Å². The number of hydrogen-bond acceptors (Lipinski definition) is 7. The normalized spacial score (nSPS) is 10.7. The Kier molecular flexibility index (Phi) is 6.72. The van der Waals surface area contributed by atoms with Gasteiger partial charge in [0.05, 0.1) is 12.9 Å². The van der Waals surface area contributed by atoms with Crippen LogP contribution in [0.5, 0.6) is 5.88 Å². The smallest absolute Gasteiger partial charge is 0.243 e. The molecular formula is C19H23N7O3S. The summed E-state index contributed by atoms with van der Waals surface area (Å²) in [6, 6.07) is 6.92. The van der Waals surface area contributed by atoms with Crippen molar-refractivity contribution in [2.45, 2.75) is 25.5 Å². The molecule has 2 aromatic heterocycles. The average Bonchev–Trinajstić information content (AvgIpc) is 3.29. The SMILES string of the molecule is CCn1c(SCC(=O)Nc2ccc(NC(C)=O)cc2)nnc1-c1cn(C)nc1OC. The predicted molar refractivity (Wildman–Crippen MR) is 115 cm³/mol. The zero-order valence-corrected chi connectivity index (χ0v) is 18.0. The van der Waals surface area contributed by atoms with Gasteiger partial charge in [-0.25, -0.2) is 0 Å². The molecule has 0 bridgehead atoms. The number of aromatic nitrogens is 5. The quantitative estimate of drug-likeness (QED) is 0.528. The molecule has 2 heterocycles. The second-order valence-corrected chi connectivity index (χ2v) is 7.31. The summed E-state index contributed by atoms with van der Waals surface area (Å²) in [4.78, 5) is 23.4. The third-order valence-corrected chi connectivity index (χ3v) is 5.05. The van der Waals surface area contributed by atoms with E-state index in [1.54, 1.807) is 43.1 Å². The van der Waals surface area contributed by atoms with E-state index in [4.69, 9.17) is 4.74 Å². The maximum atomic E-state index is 12.3. The zero-order valence-electron chi connectivity index (χ0n) is 17.2. The lowest BCUT2D eigenvalue weighted by molar-refractivity contribution is -0.114. The Bertz CT molecular complexity index is 1040. The van der Waals surface area contributed by atoms with Crippen molar-refractivity contribution in [3.05, 3.63) is 30.5 Å². The van der Waals surface area contributed by atoms with E-state index in [1.165, 1.54) is 18.7 Å². The number of benzene rings is 1. The Morgan fingerprint density at radius 2 is 1.80 bits per heavy atom. The molecule has 0 saturated carbocycles. The van der Waals surface area contributed by atoms with Gasteiger partial charge in [-0.3, -0.25) is 14.3 Å². The predicted octanol–water partition coefficient (Wildman–Crippen LogP) is 2.40. The van der Waals surface area contributed by atoms with Crippen LogP contribution in [0.15, 0.2) is 35.6 Å². The molecule has 0 unspecified atom stereocenters. The third kappa shape index (κ3) is 4.98. The molecule has 30 heavy (non-hydrogen) atoms. The van der Waals surface area contributed by atoms with E-state index in [0.717, 1.165) is 5.56 Å². The lowest BCUT2D eigenvalue weighted by atomic mass is 10.3. The number of rotatable bonds is 8. The maximum Gasteiger partial charge on any atom is 0.243 e. The van der Waals surface area contributed by atoms with Crippen molar-refractivity contribution in [3.8, 4) is 17.3 Å². The Hall–Kier alpha value is -3.34. The van der Waals surface area contributed by atoms with Crippen LogP contribution in [0, 0.1) is 0 Å². The van der Waals surface area contributed by atoms with E-state index in [1.807, 2.05) is 17.7 Å². The van der Waals surface area contributed by atoms with E-state index >= 15 is 0 Å². The first kappa shape index (κ1) is 21.4. The first-order chi connectivity index (χ1) is 14.4. The molecule has 0 atom stereocenters. The molecule has 3 rings (SSSR count). The number of amides is 2. The minimum atomic E-state index is -0.168. The average molecular weight is 430 g/mol. The standard InChI is InChI=1S/C19H23N7O3S/c1-5-26-17(15-10-25(3)24-18(15)29-4)22-23-19(26)30-11-16(28)21-14-8-6-13(7-9-14)20-12(2)27/h6-10H,5,11H2,1-4H3,(H,20,27)(H,21,28). The summed E-state index contributed by atoms with van der Waals surface area (Å²) >= 11 is 1.30. The number of carbonyl (C=O) groups excluding carboxylic acids is 2. The Morgan fingerprint density at radius 3 is 2.40 bits per heavy atom. The highest BCUT2D eigenvalue weighted by atomic mass is 32.2. The molecule has 0 aliphatic carbocycles. The molecule has 2 N–H and O–H groups in total. The minimum absolute atomic E-state index is 0.147. The number of aryl methyl sites for hydroxylation is 1. The summed E-state index contributed by atoms with van der Waals surface area (Å²) in [5, 5.41) is 18.9. The molecule has 0 spiro atoms. The van der Waals surface area contributed by atoms with Crippen LogP contribution >= 0.6 is 11.8 Å². The molecule has 1 aromatic carbocycles. The van der Waals surface area contributed by atoms with Crippen molar-refractivity contribution in [1.82, 2.24) is 24.5 Å². The van der Waals surface area contributed by atoms with Gasteiger partial charge in [0.2, 0.25) is 17.7 Å². The van der Waals surface area contributed by atoms with Gasteiger partial charge in [-0.15, -0.1) is 15.3 Å². The monoisotopic (exact) mass is 429 g/mol. The molecule has 158 valence electrons. The molecular weight excluding hydrogens is 406 g/mol. The first-order valence-electron chi connectivity index (χ1n) is 9.22. The van der Waals surface area contributed by atoms with Crippen LogP contribution in [-0.2, 0) is 23.2 Å². The number of carbonyl (C=O) groups is 2. The van der Waals surface area contributed by atoms with Crippen molar-refractivity contribution in [2.75, 3.05) is 23.5 Å². The number of nitrogens with one attached hydrogen (secondary N) is 2. The Morgan fingerprint density at radius 1 is 1.13 bits per heavy atom. The van der Waals surface area contributed by atoms with Gasteiger partial charge in [-0.05, 0) is 31.2 Å². The molecule has 0 radical (unpaired) electrons. The largest absolute Gasteiger partial charge is 0.479 e. The van der Waals surface area contributed by atoms with Crippen LogP contribution in [0.4, 0.5) is 11.4 Å². The molecule has 0 fully saturated rings. The molecule has 2 amide bonds. The number of thioether (sulfide) groups is 1. The van der Waals surface area contributed by atoms with Crippen molar-refractivity contribution in [3.63, 3.8) is 0 Å². The lowest BCUT2D eigenvalue weighted by Crippen LogP contribution is -2.14. The summed E-state index contributed by atoms with van der Waals surface area (Å²) < 4.78 is 8.89. The van der Waals surface area contributed by atoms with Crippen molar-refractivity contribution in [2.24, 2.45) is 7.05 Å². The van der Waals surface area contributed by atoms with Gasteiger partial charge >= 0.3 is 0 Å². The van der Waals surface area contributed by atoms with Gasteiger partial charge in [-0.1, -0.05) is 11.8 Å². The number of ether oxygens (including phenoxy) is 1. The topological polar surface area (TPSA) is 116 Å². The summed E-state index contributed by atoms with van der Waals surface area (Å²) in [7, 11) is 3.36. The van der Waals surface area contributed by atoms with Gasteiger partial charge in [0.1, 0.15) is 5.56 Å². The van der Waals surface area contributed by atoms with Crippen molar-refractivity contribution < 1.29 is 14.3 Å². The fourth-order valence-corrected chi connectivity index (χ4v) is 3.62. The van der Waals surface area contributed by atoms with Crippen molar-refractivity contribution in [1.29, 1.82) is 0 Å². The highest BCUT2D eigenvalue weighted by Gasteiger charge is 2.20. The van der Waals surface area contributed by atoms with E-state index < -0.39 is 0 Å². The molecule has 11 heteroatoms. The molecule has 0 aliphatic rings. The Labute approximate surface area is 178 Å². The van der Waals surface area contributed by atoms with Crippen LogP contribution in [0.2, 0.25) is 0 Å². The Balaban J connectivity index is 1.65. The fourth-order valence-electron chi connectivity index (χ4n) is 2.82. The highest BCUT2D eigenvalue weighted by molar-refractivity contribution is 7.99. The summed E-state index contributed by atoms with van der Waals surface area (Å²) in [6.07, 6.45) is 1.82. The third-order valence-electron chi connectivity index (χ3n) is 4.08. The van der Waals surface area contributed by atoms with Gasteiger partial charge in [0.25, 0.3) is 0 Å². The van der Waals surface area contributed by atoms with Gasteiger partial charge < -0.3 is 19.9 Å². The fraction of sp³-hybridized carbons (Fsp3) is 0.316. The van der Waals surface area contributed by atoms with Crippen LogP contribution in [0.1, 0.15) is 13.8 Å². The van der Waals surface area contributed by atoms with E-state index in [2.05, 4.69) is 25.9 Å². The molecule has 0 saturated heterocycles.